The third-order valence-corrected chi connectivity index (χ3v) is 6.28. The van der Waals surface area contributed by atoms with E-state index in [0.29, 0.717) is 18.0 Å². The number of aryl methyl sites for hydroxylation is 1. The van der Waals surface area contributed by atoms with E-state index < -0.39 is 6.04 Å². The molecule has 4 aromatic rings. The summed E-state index contributed by atoms with van der Waals surface area (Å²) in [6.07, 6.45) is 1.70. The minimum absolute atomic E-state index is 0.186. The molecule has 2 heterocycles. The first-order valence-corrected chi connectivity index (χ1v) is 11.8. The summed E-state index contributed by atoms with van der Waals surface area (Å²) in [6.45, 7) is 2.26. The van der Waals surface area contributed by atoms with Crippen molar-refractivity contribution in [3.8, 4) is 5.75 Å². The molecular formula is C27H26N2O4S. The summed E-state index contributed by atoms with van der Waals surface area (Å²) in [5, 5.41) is 4.91. The van der Waals surface area contributed by atoms with Crippen LogP contribution in [0.1, 0.15) is 27.8 Å². The van der Waals surface area contributed by atoms with Crippen LogP contribution in [0.4, 0.5) is 5.69 Å². The molecule has 0 unspecified atom stereocenters. The molecule has 4 rings (SSSR count). The third kappa shape index (κ3) is 5.55. The molecule has 0 fully saturated rings. The van der Waals surface area contributed by atoms with E-state index in [1.807, 2.05) is 73.0 Å². The summed E-state index contributed by atoms with van der Waals surface area (Å²) >= 11 is 1.51. The lowest BCUT2D eigenvalue weighted by atomic mass is 10.1. The van der Waals surface area contributed by atoms with Crippen LogP contribution in [0.2, 0.25) is 0 Å². The molecule has 0 saturated carbocycles. The number of nitrogens with one attached hydrogen (secondary N) is 1. The number of ether oxygens (including phenoxy) is 1. The first kappa shape index (κ1) is 23.3. The monoisotopic (exact) mass is 474 g/mol. The Morgan fingerprint density at radius 3 is 2.53 bits per heavy atom. The number of carbonyl (C=O) groups excluding carboxylic acids is 2. The van der Waals surface area contributed by atoms with Crippen LogP contribution in [-0.2, 0) is 22.6 Å². The van der Waals surface area contributed by atoms with Crippen molar-refractivity contribution in [2.75, 3.05) is 12.0 Å². The number of hydrogen-bond acceptors (Lipinski definition) is 5. The summed E-state index contributed by atoms with van der Waals surface area (Å²) in [7, 11) is 1.61. The van der Waals surface area contributed by atoms with E-state index in [4.69, 9.17) is 9.15 Å². The molecule has 0 aliphatic carbocycles. The zero-order valence-corrected chi connectivity index (χ0v) is 19.9. The summed E-state index contributed by atoms with van der Waals surface area (Å²) in [5.41, 5.74) is 2.55. The average molecular weight is 475 g/mol. The SMILES string of the molecule is COc1ccc(CNC(=O)[C@H](c2ccco2)N(C(=O)Cc2cccs2)c2cccc(C)c2)cc1. The standard InChI is InChI=1S/C27H26N2O4S/c1-19-6-3-7-21(16-19)29(25(30)17-23-8-5-15-34-23)26(24-9-4-14-33-24)27(31)28-18-20-10-12-22(32-2)13-11-20/h3-16,26H,17-18H2,1-2H3,(H,28,31)/t26-/m0/s1. The second-order valence-electron chi connectivity index (χ2n) is 7.84. The van der Waals surface area contributed by atoms with Gasteiger partial charge >= 0.3 is 0 Å². The van der Waals surface area contributed by atoms with Crippen LogP contribution in [0.25, 0.3) is 0 Å². The van der Waals surface area contributed by atoms with Crippen LogP contribution >= 0.6 is 11.3 Å². The van der Waals surface area contributed by atoms with Crippen LogP contribution in [-0.4, -0.2) is 18.9 Å². The van der Waals surface area contributed by atoms with Crippen molar-refractivity contribution < 1.29 is 18.7 Å². The number of nitrogens with zero attached hydrogens (tertiary/aromatic N) is 1. The van der Waals surface area contributed by atoms with Crippen LogP contribution in [0.15, 0.2) is 88.9 Å². The number of methoxy groups -OCH3 is 1. The van der Waals surface area contributed by atoms with Gasteiger partial charge in [0.2, 0.25) is 5.91 Å². The Kier molecular flexibility index (Phi) is 7.44. The number of furan rings is 1. The Labute approximate surface area is 202 Å². The number of carbonyl (C=O) groups is 2. The van der Waals surface area contributed by atoms with Crippen molar-refractivity contribution in [1.29, 1.82) is 0 Å². The molecule has 1 N–H and O–H groups in total. The van der Waals surface area contributed by atoms with E-state index >= 15 is 0 Å². The van der Waals surface area contributed by atoms with Gasteiger partial charge in [0.05, 0.1) is 19.8 Å². The summed E-state index contributed by atoms with van der Waals surface area (Å²) < 4.78 is 10.8. The molecule has 34 heavy (non-hydrogen) atoms. The van der Waals surface area contributed by atoms with Gasteiger partial charge in [-0.25, -0.2) is 0 Å². The van der Waals surface area contributed by atoms with Crippen molar-refractivity contribution in [2.45, 2.75) is 25.9 Å². The van der Waals surface area contributed by atoms with Crippen molar-refractivity contribution in [3.05, 3.63) is 106 Å². The molecular weight excluding hydrogens is 448 g/mol. The Bertz CT molecular complexity index is 1220. The van der Waals surface area contributed by atoms with Gasteiger partial charge in [0.1, 0.15) is 11.5 Å². The molecule has 0 bridgehead atoms. The molecule has 0 spiro atoms. The zero-order chi connectivity index (χ0) is 23.9. The second kappa shape index (κ2) is 10.9. The molecule has 0 saturated heterocycles. The highest BCUT2D eigenvalue weighted by atomic mass is 32.1. The third-order valence-electron chi connectivity index (χ3n) is 5.40. The predicted octanol–water partition coefficient (Wildman–Crippen LogP) is 5.29. The number of anilines is 1. The minimum Gasteiger partial charge on any atom is -0.497 e. The van der Waals surface area contributed by atoms with Gasteiger partial charge < -0.3 is 14.5 Å². The smallest absolute Gasteiger partial charge is 0.251 e. The summed E-state index contributed by atoms with van der Waals surface area (Å²) in [4.78, 5) is 29.6. The molecule has 1 atom stereocenters. The van der Waals surface area contributed by atoms with Crippen molar-refractivity contribution >= 4 is 28.8 Å². The van der Waals surface area contributed by atoms with E-state index in [2.05, 4.69) is 5.32 Å². The van der Waals surface area contributed by atoms with E-state index in [9.17, 15) is 9.59 Å². The zero-order valence-electron chi connectivity index (χ0n) is 19.1. The maximum Gasteiger partial charge on any atom is 0.251 e. The van der Waals surface area contributed by atoms with Crippen LogP contribution < -0.4 is 15.0 Å². The average Bonchev–Trinajstić information content (AvgIpc) is 3.56. The fourth-order valence-corrected chi connectivity index (χ4v) is 4.41. The highest BCUT2D eigenvalue weighted by Crippen LogP contribution is 2.30. The van der Waals surface area contributed by atoms with Crippen molar-refractivity contribution in [2.24, 2.45) is 0 Å². The van der Waals surface area contributed by atoms with Crippen LogP contribution in [0.3, 0.4) is 0 Å². The van der Waals surface area contributed by atoms with E-state index in [0.717, 1.165) is 21.8 Å². The van der Waals surface area contributed by atoms with Gasteiger partial charge in [0.25, 0.3) is 5.91 Å². The normalized spacial score (nSPS) is 11.6. The number of benzene rings is 2. The molecule has 0 aliphatic heterocycles. The van der Waals surface area contributed by atoms with Gasteiger partial charge in [-0.3, -0.25) is 14.5 Å². The van der Waals surface area contributed by atoms with Gasteiger partial charge in [-0.15, -0.1) is 11.3 Å². The second-order valence-corrected chi connectivity index (χ2v) is 8.87. The Morgan fingerprint density at radius 1 is 1.06 bits per heavy atom. The van der Waals surface area contributed by atoms with Crippen molar-refractivity contribution in [1.82, 2.24) is 5.32 Å². The fraction of sp³-hybridized carbons (Fsp3) is 0.185. The van der Waals surface area contributed by atoms with Gasteiger partial charge in [-0.05, 0) is 65.9 Å². The first-order valence-electron chi connectivity index (χ1n) is 10.9. The number of hydrogen-bond donors (Lipinski definition) is 1. The van der Waals surface area contributed by atoms with E-state index in [-0.39, 0.29) is 18.2 Å². The van der Waals surface area contributed by atoms with Gasteiger partial charge in [-0.2, -0.15) is 0 Å². The highest BCUT2D eigenvalue weighted by Gasteiger charge is 2.34. The topological polar surface area (TPSA) is 71.8 Å². The van der Waals surface area contributed by atoms with Crippen LogP contribution in [0.5, 0.6) is 5.75 Å². The maximum atomic E-state index is 13.6. The lowest BCUT2D eigenvalue weighted by Gasteiger charge is -2.30. The quantitative estimate of drug-likeness (QED) is 0.358. The lowest BCUT2D eigenvalue weighted by molar-refractivity contribution is -0.127. The molecule has 0 radical (unpaired) electrons. The van der Waals surface area contributed by atoms with Gasteiger partial charge in [-0.1, -0.05) is 30.3 Å². The minimum atomic E-state index is -0.956. The highest BCUT2D eigenvalue weighted by molar-refractivity contribution is 7.10. The molecule has 6 nitrogen and oxygen atoms in total. The number of rotatable bonds is 9. The molecule has 2 aromatic carbocycles. The molecule has 2 amide bonds. The van der Waals surface area contributed by atoms with E-state index in [1.54, 1.807) is 19.2 Å². The molecule has 174 valence electrons. The molecule has 2 aromatic heterocycles. The van der Waals surface area contributed by atoms with Gasteiger partial charge in [0, 0.05) is 17.1 Å². The van der Waals surface area contributed by atoms with E-state index in [1.165, 1.54) is 22.5 Å². The van der Waals surface area contributed by atoms with Crippen LogP contribution in [0, 0.1) is 6.92 Å². The maximum absolute atomic E-state index is 13.6. The predicted molar refractivity (Wildman–Crippen MR) is 133 cm³/mol. The first-order chi connectivity index (χ1) is 16.5. The lowest BCUT2D eigenvalue weighted by Crippen LogP contribution is -2.44. The molecule has 0 aliphatic rings. The molecule has 7 heteroatoms. The largest absolute Gasteiger partial charge is 0.497 e. The summed E-state index contributed by atoms with van der Waals surface area (Å²) in [5.74, 6) is 0.627. The Hall–Kier alpha value is -3.84. The van der Waals surface area contributed by atoms with Crippen molar-refractivity contribution in [3.63, 3.8) is 0 Å². The number of thiophene rings is 1. The summed E-state index contributed by atoms with van der Waals surface area (Å²) in [6, 6.07) is 21.4. The fourth-order valence-electron chi connectivity index (χ4n) is 3.71. The van der Waals surface area contributed by atoms with Gasteiger partial charge in [0.15, 0.2) is 6.04 Å². The Balaban J connectivity index is 1.65. The number of amides is 2. The Morgan fingerprint density at radius 2 is 1.88 bits per heavy atom.